The molecular formula is C17H33NO7. The molecule has 0 spiro atoms. The number of ether oxygens (including phenoxy) is 2. The van der Waals surface area contributed by atoms with Crippen molar-refractivity contribution in [2.45, 2.75) is 63.4 Å². The highest BCUT2D eigenvalue weighted by Gasteiger charge is 2.34. The van der Waals surface area contributed by atoms with Gasteiger partial charge in [-0.05, 0) is 25.7 Å². The van der Waals surface area contributed by atoms with Crippen LogP contribution in [0.15, 0.2) is 0 Å². The van der Waals surface area contributed by atoms with Gasteiger partial charge in [0.15, 0.2) is 0 Å². The van der Waals surface area contributed by atoms with Crippen LogP contribution >= 0.6 is 0 Å². The summed E-state index contributed by atoms with van der Waals surface area (Å²) < 4.78 is 11.0. The van der Waals surface area contributed by atoms with E-state index in [2.05, 4.69) is 0 Å². The molecule has 4 N–H and O–H groups in total. The van der Waals surface area contributed by atoms with Gasteiger partial charge in [-0.1, -0.05) is 6.92 Å². The Morgan fingerprint density at radius 3 is 2.56 bits per heavy atom. The molecule has 1 aliphatic rings. The van der Waals surface area contributed by atoms with Crippen LogP contribution in [0.4, 0.5) is 0 Å². The molecule has 148 valence electrons. The summed E-state index contributed by atoms with van der Waals surface area (Å²) in [6.45, 7) is 3.06. The van der Waals surface area contributed by atoms with Gasteiger partial charge in [0, 0.05) is 39.3 Å². The predicted octanol–water partition coefficient (Wildman–Crippen LogP) is -0.724. The van der Waals surface area contributed by atoms with Crippen LogP contribution in [0, 0.1) is 0 Å². The third-order valence-corrected chi connectivity index (χ3v) is 4.23. The fraction of sp³-hybridized carbons (Fsp3) is 0.941. The maximum atomic E-state index is 12.2. The molecule has 1 amide bonds. The first-order valence-electron chi connectivity index (χ1n) is 9.13. The maximum Gasteiger partial charge on any atom is 0.222 e. The Kier molecular flexibility index (Phi) is 11.2. The largest absolute Gasteiger partial charge is 0.394 e. The SMILES string of the molecule is CCCC(=O)N1CCCOCCCCO[C@H]([C@H](O)CO)[C@H](O)[C@H](O)C1. The van der Waals surface area contributed by atoms with Crippen LogP contribution in [0.2, 0.25) is 0 Å². The highest BCUT2D eigenvalue weighted by Crippen LogP contribution is 2.13. The van der Waals surface area contributed by atoms with Gasteiger partial charge in [-0.2, -0.15) is 0 Å². The molecule has 8 heteroatoms. The summed E-state index contributed by atoms with van der Waals surface area (Å²) in [4.78, 5) is 13.7. The van der Waals surface area contributed by atoms with E-state index in [0.717, 1.165) is 6.42 Å². The van der Waals surface area contributed by atoms with Gasteiger partial charge in [-0.25, -0.2) is 0 Å². The lowest BCUT2D eigenvalue weighted by Gasteiger charge is -2.33. The van der Waals surface area contributed by atoms with E-state index in [4.69, 9.17) is 14.6 Å². The lowest BCUT2D eigenvalue weighted by atomic mass is 10.0. The Hall–Kier alpha value is -0.770. The van der Waals surface area contributed by atoms with Crippen molar-refractivity contribution in [3.05, 3.63) is 0 Å². The summed E-state index contributed by atoms with van der Waals surface area (Å²) in [7, 11) is 0. The molecule has 0 aliphatic carbocycles. The average Bonchev–Trinajstić information content (AvgIpc) is 2.60. The van der Waals surface area contributed by atoms with Gasteiger partial charge >= 0.3 is 0 Å². The first-order valence-corrected chi connectivity index (χ1v) is 9.13. The van der Waals surface area contributed by atoms with Crippen molar-refractivity contribution in [1.29, 1.82) is 0 Å². The number of hydrogen-bond acceptors (Lipinski definition) is 7. The number of β-amino-alcohol motifs (C(OH)–C–C–N with tert-alkyl or cyclic N) is 1. The fourth-order valence-corrected chi connectivity index (χ4v) is 2.77. The summed E-state index contributed by atoms with van der Waals surface area (Å²) in [5, 5.41) is 39.8. The molecule has 1 saturated heterocycles. The minimum absolute atomic E-state index is 0.0575. The zero-order valence-corrected chi connectivity index (χ0v) is 15.0. The van der Waals surface area contributed by atoms with E-state index in [1.807, 2.05) is 6.92 Å². The quantitative estimate of drug-likeness (QED) is 0.520. The van der Waals surface area contributed by atoms with E-state index in [-0.39, 0.29) is 19.1 Å². The van der Waals surface area contributed by atoms with Gasteiger partial charge in [0.2, 0.25) is 5.91 Å². The summed E-state index contributed by atoms with van der Waals surface area (Å²) in [6, 6.07) is 0. The molecule has 4 atom stereocenters. The molecule has 0 radical (unpaired) electrons. The number of aliphatic hydroxyl groups excluding tert-OH is 4. The van der Waals surface area contributed by atoms with Crippen LogP contribution in [0.5, 0.6) is 0 Å². The monoisotopic (exact) mass is 363 g/mol. The highest BCUT2D eigenvalue weighted by atomic mass is 16.5. The van der Waals surface area contributed by atoms with Crippen molar-refractivity contribution in [2.75, 3.05) is 39.5 Å². The van der Waals surface area contributed by atoms with E-state index >= 15 is 0 Å². The standard InChI is InChI=1S/C17H33NO7/c1-2-6-15(22)18-7-5-9-24-8-3-4-10-25-17(14(21)12-19)16(23)13(20)11-18/h13-14,16-17,19-21,23H,2-12H2,1H3/t13-,14-,16-,17-/m1/s1. The second kappa shape index (κ2) is 12.6. The summed E-state index contributed by atoms with van der Waals surface area (Å²) >= 11 is 0. The number of amides is 1. The van der Waals surface area contributed by atoms with Crippen LogP contribution in [0.25, 0.3) is 0 Å². The molecule has 1 aliphatic heterocycles. The van der Waals surface area contributed by atoms with Gasteiger partial charge in [-0.15, -0.1) is 0 Å². The van der Waals surface area contributed by atoms with Crippen molar-refractivity contribution in [3.63, 3.8) is 0 Å². The molecule has 0 aromatic heterocycles. The Morgan fingerprint density at radius 2 is 1.88 bits per heavy atom. The number of rotatable bonds is 4. The van der Waals surface area contributed by atoms with Crippen molar-refractivity contribution < 1.29 is 34.7 Å². The number of carbonyl (C=O) groups excluding carboxylic acids is 1. The predicted molar refractivity (Wildman–Crippen MR) is 91.0 cm³/mol. The number of carbonyl (C=O) groups is 1. The molecule has 8 nitrogen and oxygen atoms in total. The molecular weight excluding hydrogens is 330 g/mol. The molecule has 0 bridgehead atoms. The zero-order valence-electron chi connectivity index (χ0n) is 15.0. The molecule has 1 fully saturated rings. The molecule has 0 aromatic rings. The van der Waals surface area contributed by atoms with Crippen LogP contribution in [0.1, 0.15) is 39.0 Å². The lowest BCUT2D eigenvalue weighted by molar-refractivity contribution is -0.152. The topological polar surface area (TPSA) is 120 Å². The first kappa shape index (κ1) is 22.3. The molecule has 25 heavy (non-hydrogen) atoms. The Morgan fingerprint density at radius 1 is 1.20 bits per heavy atom. The van der Waals surface area contributed by atoms with Crippen molar-refractivity contribution in [1.82, 2.24) is 4.90 Å². The van der Waals surface area contributed by atoms with Crippen LogP contribution < -0.4 is 0 Å². The lowest BCUT2D eigenvalue weighted by Crippen LogP contribution is -2.52. The van der Waals surface area contributed by atoms with Crippen molar-refractivity contribution in [2.24, 2.45) is 0 Å². The van der Waals surface area contributed by atoms with Crippen LogP contribution in [-0.2, 0) is 14.3 Å². The first-order chi connectivity index (χ1) is 12.0. The third kappa shape index (κ3) is 7.98. The van der Waals surface area contributed by atoms with Crippen LogP contribution in [0.3, 0.4) is 0 Å². The zero-order chi connectivity index (χ0) is 18.7. The minimum Gasteiger partial charge on any atom is -0.394 e. The smallest absolute Gasteiger partial charge is 0.222 e. The van der Waals surface area contributed by atoms with Gasteiger partial charge in [0.1, 0.15) is 24.4 Å². The van der Waals surface area contributed by atoms with E-state index in [1.165, 1.54) is 4.90 Å². The molecule has 0 unspecified atom stereocenters. The minimum atomic E-state index is -1.40. The van der Waals surface area contributed by atoms with E-state index in [0.29, 0.717) is 45.4 Å². The average molecular weight is 363 g/mol. The summed E-state index contributed by atoms with van der Waals surface area (Å²) in [5.41, 5.74) is 0. The normalized spacial score (nSPS) is 29.0. The maximum absolute atomic E-state index is 12.2. The van der Waals surface area contributed by atoms with Crippen molar-refractivity contribution in [3.8, 4) is 0 Å². The molecule has 1 rings (SSSR count). The van der Waals surface area contributed by atoms with Gasteiger partial charge in [0.05, 0.1) is 6.61 Å². The second-order valence-electron chi connectivity index (χ2n) is 6.41. The van der Waals surface area contributed by atoms with E-state index in [1.54, 1.807) is 0 Å². The third-order valence-electron chi connectivity index (χ3n) is 4.23. The van der Waals surface area contributed by atoms with Crippen LogP contribution in [-0.4, -0.2) is 95.2 Å². The van der Waals surface area contributed by atoms with Gasteiger partial charge in [-0.3, -0.25) is 4.79 Å². The van der Waals surface area contributed by atoms with Crippen molar-refractivity contribution >= 4 is 5.91 Å². The Bertz CT molecular complexity index is 369. The second-order valence-corrected chi connectivity index (χ2v) is 6.41. The number of nitrogens with zero attached hydrogens (tertiary/aromatic N) is 1. The van der Waals surface area contributed by atoms with Gasteiger partial charge < -0.3 is 34.8 Å². The molecule has 0 aromatic carbocycles. The summed E-state index contributed by atoms with van der Waals surface area (Å²) in [5.74, 6) is -0.0963. The number of aliphatic hydroxyl groups is 4. The Labute approximate surface area is 149 Å². The molecule has 1 heterocycles. The molecule has 0 saturated carbocycles. The Balaban J connectivity index is 2.82. The van der Waals surface area contributed by atoms with E-state index < -0.39 is 31.0 Å². The highest BCUT2D eigenvalue weighted by molar-refractivity contribution is 5.76. The van der Waals surface area contributed by atoms with E-state index in [9.17, 15) is 20.1 Å². The fourth-order valence-electron chi connectivity index (χ4n) is 2.77. The summed E-state index contributed by atoms with van der Waals surface area (Å²) in [6.07, 6.45) is -1.97. The van der Waals surface area contributed by atoms with Gasteiger partial charge in [0.25, 0.3) is 0 Å². The number of hydrogen-bond donors (Lipinski definition) is 4.